The van der Waals surface area contributed by atoms with E-state index in [0.717, 1.165) is 12.8 Å². The fraction of sp³-hybridized carbons (Fsp3) is 0.538. The van der Waals surface area contributed by atoms with Crippen molar-refractivity contribution in [1.29, 1.82) is 0 Å². The first-order chi connectivity index (χ1) is 8.89. The molecule has 1 saturated carbocycles. The van der Waals surface area contributed by atoms with E-state index >= 15 is 0 Å². The van der Waals surface area contributed by atoms with Crippen LogP contribution in [0.5, 0.6) is 0 Å². The molecule has 2 rings (SSSR count). The molecule has 0 amide bonds. The molecule has 0 bridgehead atoms. The molecule has 6 heteroatoms. The number of anilines is 1. The lowest BCUT2D eigenvalue weighted by Crippen LogP contribution is -2.28. The van der Waals surface area contributed by atoms with Crippen molar-refractivity contribution in [3.63, 3.8) is 0 Å². The fourth-order valence-electron chi connectivity index (χ4n) is 2.56. The van der Waals surface area contributed by atoms with Crippen molar-refractivity contribution in [3.8, 4) is 0 Å². The first-order valence-electron chi connectivity index (χ1n) is 6.49. The molecule has 2 atom stereocenters. The molecule has 0 radical (unpaired) electrons. The third-order valence-electron chi connectivity index (χ3n) is 3.65. The number of rotatable bonds is 5. The van der Waals surface area contributed by atoms with E-state index in [4.69, 9.17) is 5.84 Å². The van der Waals surface area contributed by atoms with Crippen LogP contribution >= 0.6 is 0 Å². The quantitative estimate of drug-likeness (QED) is 0.567. The number of aryl methyl sites for hydroxylation is 2. The topological polar surface area (TPSA) is 84.2 Å². The molecule has 5 nitrogen and oxygen atoms in total. The number of nitrogens with one attached hydrogen (secondary N) is 2. The number of sulfonamides is 1. The summed E-state index contributed by atoms with van der Waals surface area (Å²) in [6, 6.07) is 3.58. The van der Waals surface area contributed by atoms with E-state index in [-0.39, 0.29) is 6.04 Å². The molecule has 1 aromatic carbocycles. The molecule has 19 heavy (non-hydrogen) atoms. The first-order valence-corrected chi connectivity index (χ1v) is 7.97. The van der Waals surface area contributed by atoms with Crippen LogP contribution in [0.3, 0.4) is 0 Å². The third kappa shape index (κ3) is 2.91. The summed E-state index contributed by atoms with van der Waals surface area (Å²) < 4.78 is 27.6. The van der Waals surface area contributed by atoms with Gasteiger partial charge in [0.2, 0.25) is 10.0 Å². The second-order valence-corrected chi connectivity index (χ2v) is 6.87. The lowest BCUT2D eigenvalue weighted by molar-refractivity contribution is 0.574. The summed E-state index contributed by atoms with van der Waals surface area (Å²) in [5, 5.41) is 0. The van der Waals surface area contributed by atoms with E-state index in [1.54, 1.807) is 26.0 Å². The molecule has 1 aliphatic carbocycles. The monoisotopic (exact) mass is 283 g/mol. The van der Waals surface area contributed by atoms with E-state index < -0.39 is 10.0 Å². The maximum absolute atomic E-state index is 12.4. The zero-order chi connectivity index (χ0) is 14.2. The zero-order valence-electron chi connectivity index (χ0n) is 11.5. The predicted molar refractivity (Wildman–Crippen MR) is 76.2 cm³/mol. The Morgan fingerprint density at radius 3 is 2.32 bits per heavy atom. The average molecular weight is 283 g/mol. The molecule has 0 spiro atoms. The van der Waals surface area contributed by atoms with Gasteiger partial charge in [-0.25, -0.2) is 13.1 Å². The van der Waals surface area contributed by atoms with Gasteiger partial charge in [0.15, 0.2) is 0 Å². The summed E-state index contributed by atoms with van der Waals surface area (Å²) in [6.07, 6.45) is 1.96. The molecule has 0 aromatic heterocycles. The number of hydrogen-bond donors (Lipinski definition) is 3. The van der Waals surface area contributed by atoms with Gasteiger partial charge >= 0.3 is 0 Å². The summed E-state index contributed by atoms with van der Waals surface area (Å²) in [6.45, 7) is 5.65. The summed E-state index contributed by atoms with van der Waals surface area (Å²) in [4.78, 5) is 0.369. The molecule has 1 aromatic rings. The summed E-state index contributed by atoms with van der Waals surface area (Å²) in [7, 11) is -3.44. The van der Waals surface area contributed by atoms with Gasteiger partial charge < -0.3 is 5.43 Å². The maximum Gasteiger partial charge on any atom is 0.241 e. The van der Waals surface area contributed by atoms with Crippen molar-refractivity contribution in [2.45, 2.75) is 44.6 Å². The second-order valence-electron chi connectivity index (χ2n) is 5.22. The fourth-order valence-corrected chi connectivity index (χ4v) is 4.33. The first kappa shape index (κ1) is 14.3. The Morgan fingerprint density at radius 2 is 1.89 bits per heavy atom. The maximum atomic E-state index is 12.4. The second kappa shape index (κ2) is 5.11. The van der Waals surface area contributed by atoms with Crippen molar-refractivity contribution in [2.75, 3.05) is 5.43 Å². The minimum atomic E-state index is -3.44. The Morgan fingerprint density at radius 1 is 1.32 bits per heavy atom. The van der Waals surface area contributed by atoms with E-state index in [9.17, 15) is 8.42 Å². The Balaban J connectivity index is 2.30. The molecule has 0 heterocycles. The van der Waals surface area contributed by atoms with Crippen molar-refractivity contribution in [3.05, 3.63) is 23.3 Å². The van der Waals surface area contributed by atoms with Gasteiger partial charge in [-0.05, 0) is 49.4 Å². The number of hydrazine groups is 1. The van der Waals surface area contributed by atoms with Gasteiger partial charge in [0, 0.05) is 11.7 Å². The lowest BCUT2D eigenvalue weighted by atomic mass is 10.1. The highest BCUT2D eigenvalue weighted by Gasteiger charge is 2.39. The number of benzene rings is 1. The van der Waals surface area contributed by atoms with Crippen molar-refractivity contribution in [2.24, 2.45) is 11.8 Å². The smallest absolute Gasteiger partial charge is 0.241 e. The predicted octanol–water partition coefficient (Wildman–Crippen LogP) is 1.67. The van der Waals surface area contributed by atoms with Crippen LogP contribution in [0.1, 0.15) is 30.9 Å². The minimum Gasteiger partial charge on any atom is -0.324 e. The Labute approximate surface area is 114 Å². The molecule has 0 saturated heterocycles. The van der Waals surface area contributed by atoms with Crippen LogP contribution in [0.2, 0.25) is 0 Å². The third-order valence-corrected chi connectivity index (χ3v) is 5.44. The van der Waals surface area contributed by atoms with E-state index in [1.165, 1.54) is 0 Å². The average Bonchev–Trinajstić information content (AvgIpc) is 3.04. The van der Waals surface area contributed by atoms with Crippen molar-refractivity contribution < 1.29 is 8.42 Å². The molecule has 1 fully saturated rings. The summed E-state index contributed by atoms with van der Waals surface area (Å²) in [5.41, 5.74) is 4.66. The van der Waals surface area contributed by atoms with Gasteiger partial charge in [-0.1, -0.05) is 13.3 Å². The van der Waals surface area contributed by atoms with Gasteiger partial charge in [-0.15, -0.1) is 0 Å². The molecular formula is C13H21N3O2S. The highest BCUT2D eigenvalue weighted by Crippen LogP contribution is 2.35. The van der Waals surface area contributed by atoms with Gasteiger partial charge in [-0.3, -0.25) is 5.84 Å². The Hall–Kier alpha value is -1.11. The SMILES string of the molecule is CCC1CC1NS(=O)(=O)c1c(C)cc(NN)cc1C. The van der Waals surface area contributed by atoms with Crippen LogP contribution in [0.4, 0.5) is 5.69 Å². The molecule has 1 aliphatic rings. The Kier molecular flexibility index (Phi) is 3.85. The number of nitrogen functional groups attached to an aromatic ring is 1. The van der Waals surface area contributed by atoms with Crippen molar-refractivity contribution in [1.82, 2.24) is 4.72 Å². The van der Waals surface area contributed by atoms with Crippen LogP contribution in [0.25, 0.3) is 0 Å². The van der Waals surface area contributed by atoms with Crippen molar-refractivity contribution >= 4 is 15.7 Å². The summed E-state index contributed by atoms with van der Waals surface area (Å²) in [5.74, 6) is 5.85. The lowest BCUT2D eigenvalue weighted by Gasteiger charge is -2.14. The molecule has 0 aliphatic heterocycles. The van der Waals surface area contributed by atoms with Crippen LogP contribution < -0.4 is 16.0 Å². The van der Waals surface area contributed by atoms with Crippen LogP contribution in [-0.4, -0.2) is 14.5 Å². The van der Waals surface area contributed by atoms with E-state index in [2.05, 4.69) is 17.1 Å². The van der Waals surface area contributed by atoms with Crippen LogP contribution in [0.15, 0.2) is 17.0 Å². The summed E-state index contributed by atoms with van der Waals surface area (Å²) >= 11 is 0. The van der Waals surface area contributed by atoms with Crippen LogP contribution in [-0.2, 0) is 10.0 Å². The van der Waals surface area contributed by atoms with Gasteiger partial charge in [0.05, 0.1) is 4.90 Å². The van der Waals surface area contributed by atoms with Crippen LogP contribution in [0, 0.1) is 19.8 Å². The number of hydrogen-bond acceptors (Lipinski definition) is 4. The highest BCUT2D eigenvalue weighted by atomic mass is 32.2. The van der Waals surface area contributed by atoms with Gasteiger partial charge in [-0.2, -0.15) is 0 Å². The number of nitrogens with two attached hydrogens (primary N) is 1. The van der Waals surface area contributed by atoms with E-state index in [0.29, 0.717) is 27.6 Å². The standard InChI is InChI=1S/C13H21N3O2S/c1-4-10-7-12(10)16-19(17,18)13-8(2)5-11(15-14)6-9(13)3/h5-6,10,12,15-16H,4,7,14H2,1-3H3. The largest absolute Gasteiger partial charge is 0.324 e. The molecule has 2 unspecified atom stereocenters. The Bertz CT molecular complexity index is 561. The van der Waals surface area contributed by atoms with Gasteiger partial charge in [0.1, 0.15) is 0 Å². The minimum absolute atomic E-state index is 0.0983. The molecular weight excluding hydrogens is 262 g/mol. The highest BCUT2D eigenvalue weighted by molar-refractivity contribution is 7.89. The van der Waals surface area contributed by atoms with E-state index in [1.807, 2.05) is 0 Å². The molecule has 106 valence electrons. The van der Waals surface area contributed by atoms with Gasteiger partial charge in [0.25, 0.3) is 0 Å². The zero-order valence-corrected chi connectivity index (χ0v) is 12.3. The molecule has 4 N–H and O–H groups in total. The normalized spacial score (nSPS) is 22.3.